The lowest BCUT2D eigenvalue weighted by atomic mass is 10.2. The summed E-state index contributed by atoms with van der Waals surface area (Å²) in [6, 6.07) is 9.57. The molecule has 5 heteroatoms. The number of cyclic esters (lactones) is 1. The maximum atomic E-state index is 11.4. The standard InChI is InChI=1S/C12H23NO4.C7H8.C2H6/c1-8(2)5-16-10-4-9(3)17-12(14)11(13)7-15-6-10;1-7-5-3-2-4-6-7;1-2/h8-11H,4-7,13H2,1-3H3;2-6H,1H3;1-2H3/t9?,10?,11-;;/m0../s1. The van der Waals surface area contributed by atoms with Crippen LogP contribution in [0.25, 0.3) is 0 Å². The summed E-state index contributed by atoms with van der Waals surface area (Å²) in [5.74, 6) is 0.0738. The van der Waals surface area contributed by atoms with Crippen LogP contribution < -0.4 is 5.73 Å². The third-order valence-corrected chi connectivity index (χ3v) is 3.42. The molecule has 1 aliphatic rings. The molecule has 2 unspecified atom stereocenters. The molecule has 1 aromatic carbocycles. The topological polar surface area (TPSA) is 70.8 Å². The number of esters is 1. The highest BCUT2D eigenvalue weighted by atomic mass is 16.6. The fraction of sp³-hybridized carbons (Fsp3) is 0.667. The van der Waals surface area contributed by atoms with Gasteiger partial charge in [0.15, 0.2) is 0 Å². The third kappa shape index (κ3) is 12.0. The Morgan fingerprint density at radius 2 is 1.81 bits per heavy atom. The van der Waals surface area contributed by atoms with Gasteiger partial charge in [-0.1, -0.05) is 63.6 Å². The summed E-state index contributed by atoms with van der Waals surface area (Å²) in [7, 11) is 0. The van der Waals surface area contributed by atoms with Crippen LogP contribution in [-0.4, -0.2) is 44.0 Å². The quantitative estimate of drug-likeness (QED) is 0.824. The minimum atomic E-state index is -0.693. The van der Waals surface area contributed by atoms with E-state index in [9.17, 15) is 4.79 Å². The van der Waals surface area contributed by atoms with E-state index in [0.717, 1.165) is 0 Å². The molecule has 3 atom stereocenters. The molecule has 0 aliphatic carbocycles. The lowest BCUT2D eigenvalue weighted by Crippen LogP contribution is -2.37. The highest BCUT2D eigenvalue weighted by Crippen LogP contribution is 2.11. The van der Waals surface area contributed by atoms with Gasteiger partial charge in [-0.15, -0.1) is 0 Å². The van der Waals surface area contributed by atoms with E-state index in [0.29, 0.717) is 25.6 Å². The van der Waals surface area contributed by atoms with Crippen LogP contribution >= 0.6 is 0 Å². The zero-order valence-corrected chi connectivity index (χ0v) is 17.2. The van der Waals surface area contributed by atoms with Crippen molar-refractivity contribution in [3.8, 4) is 0 Å². The molecule has 150 valence electrons. The molecule has 1 aromatic rings. The van der Waals surface area contributed by atoms with Gasteiger partial charge in [0.25, 0.3) is 0 Å². The molecule has 2 N–H and O–H groups in total. The van der Waals surface area contributed by atoms with Gasteiger partial charge >= 0.3 is 5.97 Å². The molecular weight excluding hydrogens is 330 g/mol. The highest BCUT2D eigenvalue weighted by molar-refractivity contribution is 5.75. The van der Waals surface area contributed by atoms with Crippen molar-refractivity contribution in [1.29, 1.82) is 0 Å². The van der Waals surface area contributed by atoms with Crippen LogP contribution in [0.15, 0.2) is 30.3 Å². The summed E-state index contributed by atoms with van der Waals surface area (Å²) >= 11 is 0. The molecule has 0 bridgehead atoms. The number of rotatable bonds is 3. The number of hydrogen-bond acceptors (Lipinski definition) is 5. The predicted molar refractivity (Wildman–Crippen MR) is 106 cm³/mol. The minimum Gasteiger partial charge on any atom is -0.461 e. The van der Waals surface area contributed by atoms with Crippen LogP contribution in [0.4, 0.5) is 0 Å². The predicted octanol–water partition coefficient (Wildman–Crippen LogP) is 3.73. The van der Waals surface area contributed by atoms with Gasteiger partial charge in [-0.05, 0) is 19.8 Å². The van der Waals surface area contributed by atoms with Crippen molar-refractivity contribution in [2.45, 2.75) is 66.2 Å². The molecule has 0 aromatic heterocycles. The van der Waals surface area contributed by atoms with Crippen molar-refractivity contribution >= 4 is 5.97 Å². The molecule has 1 heterocycles. The molecule has 0 radical (unpaired) electrons. The Kier molecular flexibility index (Phi) is 13.9. The van der Waals surface area contributed by atoms with Crippen molar-refractivity contribution in [3.63, 3.8) is 0 Å². The van der Waals surface area contributed by atoms with E-state index < -0.39 is 12.0 Å². The number of hydrogen-bond donors (Lipinski definition) is 1. The second kappa shape index (κ2) is 14.7. The SMILES string of the molecule is CC.CC(C)COC1COC[C@H](N)C(=O)OC(C)C1.Cc1ccccc1. The van der Waals surface area contributed by atoms with Gasteiger partial charge < -0.3 is 19.9 Å². The van der Waals surface area contributed by atoms with Crippen LogP contribution in [0.1, 0.15) is 46.6 Å². The summed E-state index contributed by atoms with van der Waals surface area (Å²) in [4.78, 5) is 11.4. The van der Waals surface area contributed by atoms with Gasteiger partial charge in [0, 0.05) is 13.0 Å². The Labute approximate surface area is 159 Å². The number of aryl methyl sites for hydroxylation is 1. The molecule has 2 rings (SSSR count). The molecule has 0 amide bonds. The van der Waals surface area contributed by atoms with E-state index in [2.05, 4.69) is 32.9 Å². The monoisotopic (exact) mass is 367 g/mol. The Morgan fingerprint density at radius 1 is 1.19 bits per heavy atom. The Morgan fingerprint density at radius 3 is 2.31 bits per heavy atom. The first-order valence-electron chi connectivity index (χ1n) is 9.55. The average molecular weight is 368 g/mol. The number of benzene rings is 1. The van der Waals surface area contributed by atoms with Crippen molar-refractivity contribution in [3.05, 3.63) is 35.9 Å². The van der Waals surface area contributed by atoms with E-state index in [4.69, 9.17) is 19.9 Å². The summed E-state index contributed by atoms with van der Waals surface area (Å²) in [5, 5.41) is 0. The molecule has 0 saturated carbocycles. The number of ether oxygens (including phenoxy) is 3. The van der Waals surface area contributed by atoms with Gasteiger partial charge in [-0.25, -0.2) is 0 Å². The third-order valence-electron chi connectivity index (χ3n) is 3.42. The normalized spacial score (nSPS) is 23.2. The van der Waals surface area contributed by atoms with E-state index in [1.807, 2.05) is 39.0 Å². The molecule has 1 fully saturated rings. The Balaban J connectivity index is 0.000000575. The minimum absolute atomic E-state index is 0.0366. The van der Waals surface area contributed by atoms with Crippen molar-refractivity contribution in [2.75, 3.05) is 19.8 Å². The Hall–Kier alpha value is -1.43. The molecule has 0 spiro atoms. The lowest BCUT2D eigenvalue weighted by molar-refractivity contribution is -0.151. The van der Waals surface area contributed by atoms with E-state index in [1.54, 1.807) is 0 Å². The van der Waals surface area contributed by atoms with Crippen LogP contribution in [0, 0.1) is 12.8 Å². The lowest BCUT2D eigenvalue weighted by Gasteiger charge is -2.21. The maximum absolute atomic E-state index is 11.4. The number of carbonyl (C=O) groups is 1. The van der Waals surface area contributed by atoms with E-state index >= 15 is 0 Å². The van der Waals surface area contributed by atoms with Crippen LogP contribution in [-0.2, 0) is 19.0 Å². The highest BCUT2D eigenvalue weighted by Gasteiger charge is 2.24. The first-order valence-corrected chi connectivity index (χ1v) is 9.55. The molecular formula is C21H37NO4. The second-order valence-electron chi connectivity index (χ2n) is 6.63. The van der Waals surface area contributed by atoms with Gasteiger partial charge in [-0.2, -0.15) is 0 Å². The van der Waals surface area contributed by atoms with Crippen LogP contribution in [0.5, 0.6) is 0 Å². The zero-order valence-electron chi connectivity index (χ0n) is 17.2. The van der Waals surface area contributed by atoms with E-state index in [-0.39, 0.29) is 18.8 Å². The van der Waals surface area contributed by atoms with Gasteiger partial charge in [-0.3, -0.25) is 4.79 Å². The van der Waals surface area contributed by atoms with Crippen LogP contribution in [0.3, 0.4) is 0 Å². The number of carbonyl (C=O) groups excluding carboxylic acids is 1. The molecule has 26 heavy (non-hydrogen) atoms. The number of nitrogens with two attached hydrogens (primary N) is 1. The second-order valence-corrected chi connectivity index (χ2v) is 6.63. The van der Waals surface area contributed by atoms with Crippen LogP contribution in [0.2, 0.25) is 0 Å². The summed E-state index contributed by atoms with van der Waals surface area (Å²) in [6.45, 7) is 13.4. The summed E-state index contributed by atoms with van der Waals surface area (Å²) < 4.78 is 16.3. The average Bonchev–Trinajstić information content (AvgIpc) is 2.67. The van der Waals surface area contributed by atoms with Crippen molar-refractivity contribution in [1.82, 2.24) is 0 Å². The van der Waals surface area contributed by atoms with E-state index in [1.165, 1.54) is 5.56 Å². The zero-order chi connectivity index (χ0) is 19.9. The molecule has 5 nitrogen and oxygen atoms in total. The summed E-state index contributed by atoms with van der Waals surface area (Å²) in [5.41, 5.74) is 6.93. The van der Waals surface area contributed by atoms with Gasteiger partial charge in [0.1, 0.15) is 12.1 Å². The van der Waals surface area contributed by atoms with Crippen molar-refractivity contribution in [2.24, 2.45) is 11.7 Å². The first-order chi connectivity index (χ1) is 12.4. The first kappa shape index (κ1) is 24.6. The molecule has 1 saturated heterocycles. The fourth-order valence-electron chi connectivity index (χ4n) is 2.15. The van der Waals surface area contributed by atoms with Gasteiger partial charge in [0.2, 0.25) is 0 Å². The largest absolute Gasteiger partial charge is 0.461 e. The molecule has 1 aliphatic heterocycles. The van der Waals surface area contributed by atoms with Gasteiger partial charge in [0.05, 0.1) is 19.3 Å². The fourth-order valence-corrected chi connectivity index (χ4v) is 2.15. The van der Waals surface area contributed by atoms with Crippen molar-refractivity contribution < 1.29 is 19.0 Å². The Bertz CT molecular complexity index is 464. The summed E-state index contributed by atoms with van der Waals surface area (Å²) in [6.07, 6.45) is 0.420. The maximum Gasteiger partial charge on any atom is 0.325 e. The smallest absolute Gasteiger partial charge is 0.325 e.